The number of anilines is 1. The van der Waals surface area contributed by atoms with E-state index < -0.39 is 0 Å². The highest BCUT2D eigenvalue weighted by Crippen LogP contribution is 2.40. The van der Waals surface area contributed by atoms with Crippen molar-refractivity contribution in [3.63, 3.8) is 0 Å². The molecule has 0 atom stereocenters. The van der Waals surface area contributed by atoms with Gasteiger partial charge < -0.3 is 11.1 Å². The molecule has 1 fully saturated rings. The number of nitrogens with one attached hydrogen (secondary N) is 1. The van der Waals surface area contributed by atoms with Crippen LogP contribution in [0.2, 0.25) is 0 Å². The predicted molar refractivity (Wildman–Crippen MR) is 77.7 cm³/mol. The van der Waals surface area contributed by atoms with Gasteiger partial charge in [-0.05, 0) is 25.0 Å². The van der Waals surface area contributed by atoms with Crippen LogP contribution in [0.5, 0.6) is 0 Å². The van der Waals surface area contributed by atoms with Crippen molar-refractivity contribution >= 4 is 5.69 Å². The standard InChI is InChI=1S/C15H20N4/c16-9-10-17-14-11-18-19(13-7-2-1-3-8-13)15(14)12-5-4-6-12/h1-3,7-8,11-12,17H,4-6,9-10,16H2. The van der Waals surface area contributed by atoms with Gasteiger partial charge in [-0.3, -0.25) is 0 Å². The molecule has 1 saturated carbocycles. The van der Waals surface area contributed by atoms with Gasteiger partial charge in [-0.15, -0.1) is 0 Å². The molecule has 0 saturated heterocycles. The molecule has 0 aliphatic heterocycles. The zero-order valence-corrected chi connectivity index (χ0v) is 11.0. The van der Waals surface area contributed by atoms with Crippen molar-refractivity contribution in [2.75, 3.05) is 18.4 Å². The Morgan fingerprint density at radius 3 is 2.68 bits per heavy atom. The van der Waals surface area contributed by atoms with Crippen molar-refractivity contribution in [1.82, 2.24) is 9.78 Å². The Morgan fingerprint density at radius 1 is 1.26 bits per heavy atom. The first-order valence-corrected chi connectivity index (χ1v) is 6.97. The van der Waals surface area contributed by atoms with Crippen LogP contribution in [-0.2, 0) is 0 Å². The molecule has 0 spiro atoms. The highest BCUT2D eigenvalue weighted by molar-refractivity contribution is 5.52. The second kappa shape index (κ2) is 5.45. The van der Waals surface area contributed by atoms with Gasteiger partial charge in [-0.1, -0.05) is 24.6 Å². The van der Waals surface area contributed by atoms with E-state index in [-0.39, 0.29) is 0 Å². The first-order chi connectivity index (χ1) is 9.40. The number of aromatic nitrogens is 2. The summed E-state index contributed by atoms with van der Waals surface area (Å²) < 4.78 is 2.07. The highest BCUT2D eigenvalue weighted by Gasteiger charge is 2.26. The molecule has 3 N–H and O–H groups in total. The maximum Gasteiger partial charge on any atom is 0.0767 e. The number of hydrogen-bond acceptors (Lipinski definition) is 3. The first kappa shape index (κ1) is 12.2. The number of nitrogens with two attached hydrogens (primary N) is 1. The lowest BCUT2D eigenvalue weighted by Gasteiger charge is -2.27. The van der Waals surface area contributed by atoms with Crippen molar-refractivity contribution in [2.24, 2.45) is 5.73 Å². The fraction of sp³-hybridized carbons (Fsp3) is 0.400. The lowest BCUT2D eigenvalue weighted by molar-refractivity contribution is 0.404. The Labute approximate surface area is 113 Å². The fourth-order valence-electron chi connectivity index (χ4n) is 2.55. The van der Waals surface area contributed by atoms with Crippen LogP contribution < -0.4 is 11.1 Å². The molecule has 100 valence electrons. The number of hydrogen-bond donors (Lipinski definition) is 2. The van der Waals surface area contributed by atoms with Gasteiger partial charge >= 0.3 is 0 Å². The second-order valence-corrected chi connectivity index (χ2v) is 5.03. The molecule has 0 unspecified atom stereocenters. The number of benzene rings is 1. The Hall–Kier alpha value is -1.81. The summed E-state index contributed by atoms with van der Waals surface area (Å²) in [6.07, 6.45) is 5.77. The molecule has 3 rings (SSSR count). The molecule has 2 aromatic rings. The monoisotopic (exact) mass is 256 g/mol. The molecule has 1 heterocycles. The first-order valence-electron chi connectivity index (χ1n) is 6.97. The Morgan fingerprint density at radius 2 is 2.05 bits per heavy atom. The maximum atomic E-state index is 5.58. The normalized spacial score (nSPS) is 15.2. The quantitative estimate of drug-likeness (QED) is 0.864. The molecular weight excluding hydrogens is 236 g/mol. The topological polar surface area (TPSA) is 55.9 Å². The maximum absolute atomic E-state index is 5.58. The second-order valence-electron chi connectivity index (χ2n) is 5.03. The van der Waals surface area contributed by atoms with E-state index in [9.17, 15) is 0 Å². The average Bonchev–Trinajstić information content (AvgIpc) is 2.79. The third-order valence-electron chi connectivity index (χ3n) is 3.76. The number of rotatable bonds is 5. The van der Waals surface area contributed by atoms with Crippen LogP contribution in [0.15, 0.2) is 36.5 Å². The average molecular weight is 256 g/mol. The molecule has 1 aliphatic rings. The van der Waals surface area contributed by atoms with E-state index in [0.717, 1.165) is 17.9 Å². The lowest BCUT2D eigenvalue weighted by atomic mass is 9.82. The Kier molecular flexibility index (Phi) is 3.51. The van der Waals surface area contributed by atoms with Gasteiger partial charge in [-0.25, -0.2) is 4.68 Å². The number of nitrogens with zero attached hydrogens (tertiary/aromatic N) is 2. The Bertz CT molecular complexity index is 528. The molecule has 4 heteroatoms. The molecule has 1 aromatic carbocycles. The smallest absolute Gasteiger partial charge is 0.0767 e. The molecule has 4 nitrogen and oxygen atoms in total. The van der Waals surface area contributed by atoms with Crippen LogP contribution in [-0.4, -0.2) is 22.9 Å². The summed E-state index contributed by atoms with van der Waals surface area (Å²) in [5, 5.41) is 7.95. The molecule has 1 aromatic heterocycles. The van der Waals surface area contributed by atoms with E-state index in [1.165, 1.54) is 25.0 Å². The van der Waals surface area contributed by atoms with Gasteiger partial charge in [0.15, 0.2) is 0 Å². The van der Waals surface area contributed by atoms with Gasteiger partial charge in [0.2, 0.25) is 0 Å². The minimum Gasteiger partial charge on any atom is -0.381 e. The number of para-hydroxylation sites is 1. The van der Waals surface area contributed by atoms with Crippen LogP contribution in [0.3, 0.4) is 0 Å². The zero-order chi connectivity index (χ0) is 13.1. The van der Waals surface area contributed by atoms with Crippen molar-refractivity contribution in [3.05, 3.63) is 42.2 Å². The molecule has 0 amide bonds. The predicted octanol–water partition coefficient (Wildman–Crippen LogP) is 2.51. The van der Waals surface area contributed by atoms with Crippen LogP contribution >= 0.6 is 0 Å². The minimum atomic E-state index is 0.628. The van der Waals surface area contributed by atoms with Gasteiger partial charge in [0, 0.05) is 19.0 Å². The summed E-state index contributed by atoms with van der Waals surface area (Å²) in [4.78, 5) is 0. The van der Waals surface area contributed by atoms with Crippen LogP contribution in [0.1, 0.15) is 30.9 Å². The third-order valence-corrected chi connectivity index (χ3v) is 3.76. The van der Waals surface area contributed by atoms with E-state index in [1.54, 1.807) is 0 Å². The van der Waals surface area contributed by atoms with Crippen LogP contribution in [0.4, 0.5) is 5.69 Å². The van der Waals surface area contributed by atoms with Crippen molar-refractivity contribution in [1.29, 1.82) is 0 Å². The van der Waals surface area contributed by atoms with Crippen molar-refractivity contribution in [3.8, 4) is 5.69 Å². The lowest BCUT2D eigenvalue weighted by Crippen LogP contribution is -2.18. The van der Waals surface area contributed by atoms with Crippen LogP contribution in [0, 0.1) is 0 Å². The summed E-state index contributed by atoms with van der Waals surface area (Å²) in [5.74, 6) is 0.628. The van der Waals surface area contributed by atoms with E-state index in [2.05, 4.69) is 39.4 Å². The summed E-state index contributed by atoms with van der Waals surface area (Å²) in [6, 6.07) is 10.3. The zero-order valence-electron chi connectivity index (χ0n) is 11.0. The van der Waals surface area contributed by atoms with Gasteiger partial charge in [0.25, 0.3) is 0 Å². The summed E-state index contributed by atoms with van der Waals surface area (Å²) in [5.41, 5.74) is 9.16. The molecule has 0 bridgehead atoms. The molecular formula is C15H20N4. The largest absolute Gasteiger partial charge is 0.381 e. The summed E-state index contributed by atoms with van der Waals surface area (Å²) in [6.45, 7) is 1.43. The van der Waals surface area contributed by atoms with E-state index in [0.29, 0.717) is 12.5 Å². The summed E-state index contributed by atoms with van der Waals surface area (Å²) in [7, 11) is 0. The minimum absolute atomic E-state index is 0.628. The van der Waals surface area contributed by atoms with E-state index in [4.69, 9.17) is 5.73 Å². The highest BCUT2D eigenvalue weighted by atomic mass is 15.3. The van der Waals surface area contributed by atoms with Gasteiger partial charge in [0.05, 0.1) is 23.3 Å². The van der Waals surface area contributed by atoms with Crippen molar-refractivity contribution in [2.45, 2.75) is 25.2 Å². The third kappa shape index (κ3) is 2.36. The van der Waals surface area contributed by atoms with E-state index in [1.807, 2.05) is 12.3 Å². The van der Waals surface area contributed by atoms with Gasteiger partial charge in [0.1, 0.15) is 0 Å². The molecule has 0 radical (unpaired) electrons. The summed E-state index contributed by atoms with van der Waals surface area (Å²) >= 11 is 0. The Balaban J connectivity index is 1.97. The molecule has 19 heavy (non-hydrogen) atoms. The van der Waals surface area contributed by atoms with Crippen molar-refractivity contribution < 1.29 is 0 Å². The molecule has 1 aliphatic carbocycles. The fourth-order valence-corrected chi connectivity index (χ4v) is 2.55. The van der Waals surface area contributed by atoms with Gasteiger partial charge in [-0.2, -0.15) is 5.10 Å². The van der Waals surface area contributed by atoms with Crippen LogP contribution in [0.25, 0.3) is 5.69 Å². The SMILES string of the molecule is NCCNc1cnn(-c2ccccc2)c1C1CCC1. The van der Waals surface area contributed by atoms with E-state index >= 15 is 0 Å².